The van der Waals surface area contributed by atoms with Crippen LogP contribution in [-0.4, -0.2) is 61.1 Å². The summed E-state index contributed by atoms with van der Waals surface area (Å²) in [4.78, 5) is 29.6. The maximum absolute atomic E-state index is 14.4. The van der Waals surface area contributed by atoms with Crippen LogP contribution in [0, 0.1) is 0 Å². The topological polar surface area (TPSA) is 131 Å². The number of aliphatic hydroxyl groups excluding tert-OH is 1. The number of nitrogens with zero attached hydrogens (tertiary/aromatic N) is 3. The lowest BCUT2D eigenvalue weighted by molar-refractivity contribution is -0.141. The number of aliphatic hydroxyl groups is 1. The molecule has 4 aromatic carbocycles. The Bertz CT molecular complexity index is 2300. The molecular formula is C37H31F3N4O6S. The Hall–Kier alpha value is -5.47. The largest absolute Gasteiger partial charge is 0.497 e. The SMILES string of the molecule is COc1ccc(-n2nc(C(F)(F)F)c3c2C(=O)N(c2ccc(-c4ccccc4S(C)(=O)=O)cc2)CC3)c(C(=O)N[C@H]2c3ccccc3C[C@H]2O)c1. The highest BCUT2D eigenvalue weighted by Crippen LogP contribution is 2.39. The number of anilines is 1. The third kappa shape index (κ3) is 6.14. The number of aromatic nitrogens is 2. The minimum Gasteiger partial charge on any atom is -0.497 e. The third-order valence-electron chi connectivity index (χ3n) is 9.23. The predicted octanol–water partition coefficient (Wildman–Crippen LogP) is 5.56. The van der Waals surface area contributed by atoms with Gasteiger partial charge in [-0.2, -0.15) is 18.3 Å². The number of nitrogens with one attached hydrogen (secondary N) is 1. The number of sulfone groups is 1. The number of methoxy groups -OCH3 is 1. The summed E-state index contributed by atoms with van der Waals surface area (Å²) in [5.41, 5.74) is 0.868. The lowest BCUT2D eigenvalue weighted by atomic mass is 10.0. The highest BCUT2D eigenvalue weighted by Gasteiger charge is 2.44. The minimum absolute atomic E-state index is 0.0885. The smallest absolute Gasteiger partial charge is 0.435 e. The number of carbonyl (C=O) groups excluding carboxylic acids is 2. The molecular weight excluding hydrogens is 685 g/mol. The molecule has 0 unspecified atom stereocenters. The van der Waals surface area contributed by atoms with Gasteiger partial charge in [0.1, 0.15) is 11.4 Å². The van der Waals surface area contributed by atoms with E-state index >= 15 is 0 Å². The van der Waals surface area contributed by atoms with Crippen molar-refractivity contribution < 1.29 is 41.0 Å². The second-order valence-electron chi connectivity index (χ2n) is 12.4. The Labute approximate surface area is 291 Å². The van der Waals surface area contributed by atoms with E-state index in [4.69, 9.17) is 4.74 Å². The lowest BCUT2D eigenvalue weighted by Crippen LogP contribution is -2.39. The Morgan fingerprint density at radius 3 is 2.41 bits per heavy atom. The van der Waals surface area contributed by atoms with Gasteiger partial charge in [0.05, 0.1) is 35.4 Å². The number of hydrogen-bond acceptors (Lipinski definition) is 7. The maximum atomic E-state index is 14.4. The molecule has 2 N–H and O–H groups in total. The molecule has 2 aliphatic rings. The summed E-state index contributed by atoms with van der Waals surface area (Å²) in [6.45, 7) is -0.0885. The Balaban J connectivity index is 1.29. The molecule has 2 heterocycles. The van der Waals surface area contributed by atoms with Crippen molar-refractivity contribution in [2.24, 2.45) is 0 Å². The van der Waals surface area contributed by atoms with E-state index in [1.54, 1.807) is 54.6 Å². The number of benzene rings is 4. The monoisotopic (exact) mass is 716 g/mol. The second-order valence-corrected chi connectivity index (χ2v) is 14.4. The molecule has 0 spiro atoms. The number of fused-ring (bicyclic) bond motifs is 2. The fourth-order valence-electron chi connectivity index (χ4n) is 6.83. The molecule has 51 heavy (non-hydrogen) atoms. The quantitative estimate of drug-likeness (QED) is 0.226. The molecule has 262 valence electrons. The number of amides is 2. The molecule has 0 saturated heterocycles. The van der Waals surface area contributed by atoms with Crippen LogP contribution in [0.2, 0.25) is 0 Å². The first-order chi connectivity index (χ1) is 24.3. The Kier molecular flexibility index (Phi) is 8.46. The van der Waals surface area contributed by atoms with E-state index in [1.165, 1.54) is 36.3 Å². The van der Waals surface area contributed by atoms with Gasteiger partial charge in [0.15, 0.2) is 15.5 Å². The van der Waals surface area contributed by atoms with E-state index < -0.39 is 45.7 Å². The highest BCUT2D eigenvalue weighted by molar-refractivity contribution is 7.90. The van der Waals surface area contributed by atoms with Crippen LogP contribution in [0.15, 0.2) is 95.9 Å². The summed E-state index contributed by atoms with van der Waals surface area (Å²) >= 11 is 0. The van der Waals surface area contributed by atoms with Crippen molar-refractivity contribution in [3.05, 3.63) is 125 Å². The van der Waals surface area contributed by atoms with Gasteiger partial charge < -0.3 is 20.1 Å². The second kappa shape index (κ2) is 12.7. The van der Waals surface area contributed by atoms with E-state index in [-0.39, 0.29) is 46.1 Å². The van der Waals surface area contributed by atoms with Crippen molar-refractivity contribution in [1.82, 2.24) is 15.1 Å². The molecule has 5 aromatic rings. The fourth-order valence-corrected chi connectivity index (χ4v) is 7.74. The van der Waals surface area contributed by atoms with Crippen LogP contribution < -0.4 is 15.0 Å². The van der Waals surface area contributed by atoms with Gasteiger partial charge in [-0.25, -0.2) is 13.1 Å². The predicted molar refractivity (Wildman–Crippen MR) is 182 cm³/mol. The molecule has 0 radical (unpaired) electrons. The number of hydrogen-bond donors (Lipinski definition) is 2. The molecule has 1 aliphatic heterocycles. The van der Waals surface area contributed by atoms with Gasteiger partial charge in [-0.05, 0) is 59.5 Å². The average molecular weight is 717 g/mol. The van der Waals surface area contributed by atoms with Crippen molar-refractivity contribution in [3.8, 4) is 22.6 Å². The van der Waals surface area contributed by atoms with Crippen molar-refractivity contribution in [1.29, 1.82) is 0 Å². The standard InChI is InChI=1S/C37H31F3N4O6S/c1-50-24-15-16-29(28(20-24)35(46)41-32-26-9-4-3-7-22(26)19-30(32)45)44-33-27(34(42-44)37(38,39)40)17-18-43(36(33)47)23-13-11-21(12-14-23)25-8-5-6-10-31(25)51(2,48)49/h3-16,20,30,32,45H,17-19H2,1-2H3,(H,41,46)/t30-,32+/m1/s1. The fraction of sp³-hybridized carbons (Fsp3) is 0.216. The van der Waals surface area contributed by atoms with Crippen LogP contribution in [0.25, 0.3) is 16.8 Å². The summed E-state index contributed by atoms with van der Waals surface area (Å²) in [7, 11) is -2.17. The van der Waals surface area contributed by atoms with E-state index in [0.717, 1.165) is 22.1 Å². The highest BCUT2D eigenvalue weighted by atomic mass is 32.2. The maximum Gasteiger partial charge on any atom is 0.435 e. The Morgan fingerprint density at radius 1 is 1.00 bits per heavy atom. The van der Waals surface area contributed by atoms with Gasteiger partial charge >= 0.3 is 6.18 Å². The molecule has 10 nitrogen and oxygen atoms in total. The van der Waals surface area contributed by atoms with Crippen LogP contribution in [-0.2, 0) is 28.9 Å². The molecule has 1 aromatic heterocycles. The van der Waals surface area contributed by atoms with E-state index in [2.05, 4.69) is 10.4 Å². The number of alkyl halides is 3. The minimum atomic E-state index is -4.90. The zero-order valence-corrected chi connectivity index (χ0v) is 28.1. The molecule has 14 heteroatoms. The van der Waals surface area contributed by atoms with Crippen LogP contribution in [0.3, 0.4) is 0 Å². The number of carbonyl (C=O) groups is 2. The van der Waals surface area contributed by atoms with E-state index in [1.807, 2.05) is 12.1 Å². The zero-order valence-electron chi connectivity index (χ0n) is 27.3. The molecule has 0 saturated carbocycles. The molecule has 2 atom stereocenters. The normalized spacial score (nSPS) is 17.2. The van der Waals surface area contributed by atoms with Gasteiger partial charge in [0.25, 0.3) is 11.8 Å². The van der Waals surface area contributed by atoms with Gasteiger partial charge in [-0.1, -0.05) is 54.6 Å². The van der Waals surface area contributed by atoms with Gasteiger partial charge in [0, 0.05) is 36.0 Å². The first-order valence-corrected chi connectivity index (χ1v) is 17.8. The number of ether oxygens (including phenoxy) is 1. The summed E-state index contributed by atoms with van der Waals surface area (Å²) < 4.78 is 74.3. The first kappa shape index (κ1) is 34.0. The summed E-state index contributed by atoms with van der Waals surface area (Å²) in [5, 5.41) is 17.5. The summed E-state index contributed by atoms with van der Waals surface area (Å²) in [6, 6.07) is 23.6. The van der Waals surface area contributed by atoms with Crippen LogP contribution in [0.5, 0.6) is 5.75 Å². The molecule has 0 bridgehead atoms. The van der Waals surface area contributed by atoms with Crippen molar-refractivity contribution in [2.45, 2.75) is 36.1 Å². The number of rotatable bonds is 7. The van der Waals surface area contributed by atoms with Crippen LogP contribution in [0.1, 0.15) is 49.3 Å². The van der Waals surface area contributed by atoms with Gasteiger partial charge in [-0.15, -0.1) is 0 Å². The van der Waals surface area contributed by atoms with Gasteiger partial charge in [0.2, 0.25) is 0 Å². The first-order valence-electron chi connectivity index (χ1n) is 15.9. The molecule has 1 aliphatic carbocycles. The number of halogens is 3. The molecule has 7 rings (SSSR count). The Morgan fingerprint density at radius 2 is 1.71 bits per heavy atom. The van der Waals surface area contributed by atoms with Crippen LogP contribution >= 0.6 is 0 Å². The van der Waals surface area contributed by atoms with E-state index in [0.29, 0.717) is 23.2 Å². The summed E-state index contributed by atoms with van der Waals surface area (Å²) in [6.07, 6.45) is -4.60. The van der Waals surface area contributed by atoms with Gasteiger partial charge in [-0.3, -0.25) is 9.59 Å². The van der Waals surface area contributed by atoms with E-state index in [9.17, 15) is 36.3 Å². The van der Waals surface area contributed by atoms with Crippen molar-refractivity contribution >= 4 is 27.3 Å². The summed E-state index contributed by atoms with van der Waals surface area (Å²) in [5.74, 6) is -1.25. The average Bonchev–Trinajstić information content (AvgIpc) is 3.66. The van der Waals surface area contributed by atoms with Crippen molar-refractivity contribution in [3.63, 3.8) is 0 Å². The third-order valence-corrected chi connectivity index (χ3v) is 10.4. The lowest BCUT2D eigenvalue weighted by Gasteiger charge is -2.28. The molecule has 0 fully saturated rings. The molecule has 2 amide bonds. The van der Waals surface area contributed by atoms with Crippen molar-refractivity contribution in [2.75, 3.05) is 24.8 Å². The van der Waals surface area contributed by atoms with Crippen LogP contribution in [0.4, 0.5) is 18.9 Å². The zero-order chi connectivity index (χ0) is 36.2.